The van der Waals surface area contributed by atoms with Gasteiger partial charge >= 0.3 is 0 Å². The molecule has 1 aromatic heterocycles. The van der Waals surface area contributed by atoms with Crippen molar-refractivity contribution in [1.29, 1.82) is 0 Å². The van der Waals surface area contributed by atoms with Gasteiger partial charge in [-0.2, -0.15) is 4.98 Å². The first-order valence-corrected chi connectivity index (χ1v) is 6.41. The van der Waals surface area contributed by atoms with E-state index in [-0.39, 0.29) is 0 Å². The third-order valence-corrected chi connectivity index (χ3v) is 3.33. The van der Waals surface area contributed by atoms with Gasteiger partial charge in [0.05, 0.1) is 0 Å². The maximum atomic E-state index is 4.94. The lowest BCUT2D eigenvalue weighted by Gasteiger charge is -2.14. The highest BCUT2D eigenvalue weighted by atomic mass is 16.5. The minimum Gasteiger partial charge on any atom is -0.340 e. The second-order valence-corrected chi connectivity index (χ2v) is 4.65. The molecule has 1 aromatic rings. The quantitative estimate of drug-likeness (QED) is 0.614. The molecular weight excluding hydrogens is 202 g/mol. The molecular formula is C12H21N3O. The van der Waals surface area contributed by atoms with Gasteiger partial charge in [0, 0.05) is 13.0 Å². The van der Waals surface area contributed by atoms with Gasteiger partial charge < -0.3 is 9.84 Å². The Labute approximate surface area is 96.8 Å². The van der Waals surface area contributed by atoms with E-state index in [1.807, 2.05) is 0 Å². The summed E-state index contributed by atoms with van der Waals surface area (Å²) in [7, 11) is 0. The first-order valence-electron chi connectivity index (χ1n) is 6.41. The highest BCUT2D eigenvalue weighted by Crippen LogP contribution is 2.21. The van der Waals surface area contributed by atoms with Crippen molar-refractivity contribution < 1.29 is 4.52 Å². The van der Waals surface area contributed by atoms with E-state index < -0.39 is 0 Å². The molecule has 1 saturated carbocycles. The smallest absolute Gasteiger partial charge is 0.227 e. The summed E-state index contributed by atoms with van der Waals surface area (Å²) in [6.07, 6.45) is 10.8. The molecule has 1 fully saturated rings. The Kier molecular flexibility index (Phi) is 4.80. The van der Waals surface area contributed by atoms with E-state index in [1.54, 1.807) is 0 Å². The molecule has 0 bridgehead atoms. The van der Waals surface area contributed by atoms with Crippen LogP contribution in [0.5, 0.6) is 0 Å². The molecule has 1 aliphatic carbocycles. The van der Waals surface area contributed by atoms with Crippen LogP contribution < -0.4 is 5.32 Å². The van der Waals surface area contributed by atoms with E-state index in [1.165, 1.54) is 44.9 Å². The third kappa shape index (κ3) is 3.93. The zero-order valence-electron chi connectivity index (χ0n) is 9.82. The Morgan fingerprint density at radius 2 is 2.06 bits per heavy atom. The summed E-state index contributed by atoms with van der Waals surface area (Å²) >= 11 is 0. The summed E-state index contributed by atoms with van der Waals surface area (Å²) in [6, 6.07) is 0. The Hall–Kier alpha value is -0.900. The largest absolute Gasteiger partial charge is 0.340 e. The van der Waals surface area contributed by atoms with Crippen LogP contribution in [0.1, 0.15) is 44.4 Å². The van der Waals surface area contributed by atoms with Gasteiger partial charge in [-0.25, -0.2) is 0 Å². The summed E-state index contributed by atoms with van der Waals surface area (Å²) in [5.74, 6) is 1.61. The second-order valence-electron chi connectivity index (χ2n) is 4.65. The van der Waals surface area contributed by atoms with Crippen LogP contribution in [0.15, 0.2) is 10.9 Å². The summed E-state index contributed by atoms with van der Waals surface area (Å²) in [5, 5.41) is 7.08. The zero-order chi connectivity index (χ0) is 11.1. The van der Waals surface area contributed by atoms with Gasteiger partial charge in [0.1, 0.15) is 0 Å². The van der Waals surface area contributed by atoms with E-state index in [0.29, 0.717) is 0 Å². The van der Waals surface area contributed by atoms with Gasteiger partial charge in [-0.1, -0.05) is 30.8 Å². The molecule has 0 saturated heterocycles. The summed E-state index contributed by atoms with van der Waals surface area (Å²) < 4.78 is 4.94. The molecule has 0 amide bonds. The fourth-order valence-corrected chi connectivity index (χ4v) is 2.38. The van der Waals surface area contributed by atoms with Gasteiger partial charge in [0.15, 0.2) is 6.33 Å². The lowest BCUT2D eigenvalue weighted by molar-refractivity contribution is 0.369. The molecule has 1 N–H and O–H groups in total. The number of nitrogens with zero attached hydrogens (tertiary/aromatic N) is 2. The Balaban J connectivity index is 1.56. The summed E-state index contributed by atoms with van der Waals surface area (Å²) in [4.78, 5) is 4.00. The van der Waals surface area contributed by atoms with Crippen molar-refractivity contribution in [3.8, 4) is 0 Å². The number of aromatic nitrogens is 2. The standard InChI is InChI=1S/C12H21N3O/c1-2-4-6-11(5-3-1)9-13-8-7-12-14-10-15-16-12/h10-11,13H,1-9H2. The van der Waals surface area contributed by atoms with Crippen LogP contribution in [0.25, 0.3) is 0 Å². The van der Waals surface area contributed by atoms with Gasteiger partial charge in [0.2, 0.25) is 5.89 Å². The average Bonchev–Trinajstić information content (AvgIpc) is 2.68. The minimum absolute atomic E-state index is 0.730. The number of hydrogen-bond acceptors (Lipinski definition) is 4. The molecule has 2 rings (SSSR count). The van der Waals surface area contributed by atoms with Crippen molar-refractivity contribution in [1.82, 2.24) is 15.5 Å². The van der Waals surface area contributed by atoms with Crippen LogP contribution >= 0.6 is 0 Å². The van der Waals surface area contributed by atoms with Crippen molar-refractivity contribution in [3.05, 3.63) is 12.2 Å². The van der Waals surface area contributed by atoms with Gasteiger partial charge in [-0.3, -0.25) is 0 Å². The molecule has 0 spiro atoms. The number of hydrogen-bond donors (Lipinski definition) is 1. The number of rotatable bonds is 5. The SMILES string of the molecule is c1noc(CCNCC2CCCCCC2)n1. The topological polar surface area (TPSA) is 51.0 Å². The maximum Gasteiger partial charge on any atom is 0.227 e. The Bertz CT molecular complexity index is 266. The molecule has 4 nitrogen and oxygen atoms in total. The first-order chi connectivity index (χ1) is 7.95. The molecule has 16 heavy (non-hydrogen) atoms. The van der Waals surface area contributed by atoms with Crippen molar-refractivity contribution in [2.75, 3.05) is 13.1 Å². The Morgan fingerprint density at radius 3 is 2.75 bits per heavy atom. The highest BCUT2D eigenvalue weighted by molar-refractivity contribution is 4.75. The molecule has 1 aliphatic rings. The molecule has 0 aliphatic heterocycles. The van der Waals surface area contributed by atoms with Crippen molar-refractivity contribution in [2.45, 2.75) is 44.9 Å². The van der Waals surface area contributed by atoms with E-state index in [0.717, 1.165) is 31.3 Å². The molecule has 0 radical (unpaired) electrons. The number of nitrogens with one attached hydrogen (secondary N) is 1. The predicted molar refractivity (Wildman–Crippen MR) is 62.1 cm³/mol. The first kappa shape index (κ1) is 11.6. The van der Waals surface area contributed by atoms with E-state index in [9.17, 15) is 0 Å². The lowest BCUT2D eigenvalue weighted by Crippen LogP contribution is -2.24. The van der Waals surface area contributed by atoms with Crippen LogP contribution in [0, 0.1) is 5.92 Å². The van der Waals surface area contributed by atoms with E-state index in [4.69, 9.17) is 4.52 Å². The molecule has 0 unspecified atom stereocenters. The van der Waals surface area contributed by atoms with Gasteiger partial charge in [0.25, 0.3) is 0 Å². The van der Waals surface area contributed by atoms with Crippen LogP contribution in [-0.4, -0.2) is 23.2 Å². The third-order valence-electron chi connectivity index (χ3n) is 3.33. The minimum atomic E-state index is 0.730. The average molecular weight is 223 g/mol. The van der Waals surface area contributed by atoms with Crippen LogP contribution in [0.3, 0.4) is 0 Å². The van der Waals surface area contributed by atoms with E-state index >= 15 is 0 Å². The van der Waals surface area contributed by atoms with Crippen LogP contribution in [0.4, 0.5) is 0 Å². The molecule has 1 heterocycles. The molecule has 0 atom stereocenters. The van der Waals surface area contributed by atoms with Gasteiger partial charge in [-0.15, -0.1) is 0 Å². The summed E-state index contributed by atoms with van der Waals surface area (Å²) in [5.41, 5.74) is 0. The van der Waals surface area contributed by atoms with Crippen molar-refractivity contribution in [2.24, 2.45) is 5.92 Å². The monoisotopic (exact) mass is 223 g/mol. The normalized spacial score (nSPS) is 18.5. The zero-order valence-corrected chi connectivity index (χ0v) is 9.82. The Morgan fingerprint density at radius 1 is 1.25 bits per heavy atom. The fraction of sp³-hybridized carbons (Fsp3) is 0.833. The van der Waals surface area contributed by atoms with Crippen molar-refractivity contribution >= 4 is 0 Å². The molecule has 4 heteroatoms. The fourth-order valence-electron chi connectivity index (χ4n) is 2.38. The van der Waals surface area contributed by atoms with Crippen LogP contribution in [-0.2, 0) is 6.42 Å². The van der Waals surface area contributed by atoms with Crippen LogP contribution in [0.2, 0.25) is 0 Å². The molecule has 0 aromatic carbocycles. The van der Waals surface area contributed by atoms with Crippen molar-refractivity contribution in [3.63, 3.8) is 0 Å². The summed E-state index contributed by atoms with van der Waals surface area (Å²) in [6.45, 7) is 2.09. The predicted octanol–water partition coefficient (Wildman–Crippen LogP) is 2.17. The molecule has 90 valence electrons. The van der Waals surface area contributed by atoms with E-state index in [2.05, 4.69) is 15.5 Å². The highest BCUT2D eigenvalue weighted by Gasteiger charge is 2.11. The van der Waals surface area contributed by atoms with Gasteiger partial charge in [-0.05, 0) is 25.3 Å². The second kappa shape index (κ2) is 6.63. The lowest BCUT2D eigenvalue weighted by atomic mass is 10.0. The maximum absolute atomic E-state index is 4.94.